The van der Waals surface area contributed by atoms with E-state index < -0.39 is 6.09 Å². The van der Waals surface area contributed by atoms with E-state index in [9.17, 15) is 4.79 Å². The Balaban J connectivity index is 1.29. The summed E-state index contributed by atoms with van der Waals surface area (Å²) in [6.45, 7) is 0.785. The van der Waals surface area contributed by atoms with Crippen LogP contribution in [0.2, 0.25) is 0 Å². The molecule has 0 aliphatic heterocycles. The first-order chi connectivity index (χ1) is 14.8. The predicted octanol–water partition coefficient (Wildman–Crippen LogP) is 5.50. The molecule has 4 rings (SSSR count). The molecule has 4 nitrogen and oxygen atoms in total. The summed E-state index contributed by atoms with van der Waals surface area (Å²) in [5.41, 5.74) is 6.34. The third kappa shape index (κ3) is 4.11. The fourth-order valence-electron chi connectivity index (χ4n) is 3.86. The maximum absolute atomic E-state index is 12.2. The quantitative estimate of drug-likeness (QED) is 0.562. The van der Waals surface area contributed by atoms with Crippen LogP contribution >= 0.6 is 0 Å². The van der Waals surface area contributed by atoms with Gasteiger partial charge in [-0.1, -0.05) is 78.9 Å². The summed E-state index contributed by atoms with van der Waals surface area (Å²) in [6, 6.07) is 26.1. The highest BCUT2D eigenvalue weighted by Gasteiger charge is 2.28. The Morgan fingerprint density at radius 1 is 0.967 bits per heavy atom. The number of nitrogens with one attached hydrogen (secondary N) is 1. The van der Waals surface area contributed by atoms with Crippen LogP contribution in [-0.4, -0.2) is 19.2 Å². The minimum Gasteiger partial charge on any atom is -0.449 e. The monoisotopic (exact) mass is 394 g/mol. The van der Waals surface area contributed by atoms with E-state index in [0.29, 0.717) is 25.1 Å². The van der Waals surface area contributed by atoms with E-state index in [4.69, 9.17) is 10.00 Å². The van der Waals surface area contributed by atoms with Crippen LogP contribution in [0, 0.1) is 11.3 Å². The van der Waals surface area contributed by atoms with Crippen LogP contribution in [-0.2, 0) is 4.74 Å². The number of rotatable bonds is 6. The van der Waals surface area contributed by atoms with Gasteiger partial charge in [0.15, 0.2) is 0 Å². The van der Waals surface area contributed by atoms with Crippen molar-refractivity contribution < 1.29 is 9.53 Å². The normalized spacial score (nSPS) is 12.2. The SMILES string of the molecule is N#Cc1ccccc1C=CCCNC(=O)OCC1c2ccccc2-c2ccccc21. The number of alkyl carbamates (subject to hydrolysis) is 1. The largest absolute Gasteiger partial charge is 0.449 e. The van der Waals surface area contributed by atoms with Crippen molar-refractivity contribution in [3.63, 3.8) is 0 Å². The van der Waals surface area contributed by atoms with Gasteiger partial charge in [0, 0.05) is 12.5 Å². The standard InChI is InChI=1S/C26H22N2O2/c27-17-20-11-2-1-9-19(20)10-7-8-16-28-26(29)30-18-25-23-14-5-3-12-21(23)22-13-4-6-15-24(22)25/h1-7,9-15,25H,8,16,18H2,(H,28,29). The Hall–Kier alpha value is -3.84. The number of carbonyl (C=O) groups is 1. The van der Waals surface area contributed by atoms with Gasteiger partial charge in [0.2, 0.25) is 0 Å². The lowest BCUT2D eigenvalue weighted by Crippen LogP contribution is -2.26. The average Bonchev–Trinajstić information content (AvgIpc) is 3.11. The van der Waals surface area contributed by atoms with E-state index in [1.54, 1.807) is 6.07 Å². The lowest BCUT2D eigenvalue weighted by Gasteiger charge is -2.14. The van der Waals surface area contributed by atoms with Gasteiger partial charge < -0.3 is 10.1 Å². The molecule has 0 aromatic heterocycles. The third-order valence-electron chi connectivity index (χ3n) is 5.30. The van der Waals surface area contributed by atoms with E-state index in [2.05, 4.69) is 35.7 Å². The van der Waals surface area contributed by atoms with Gasteiger partial charge >= 0.3 is 6.09 Å². The molecule has 0 unspecified atom stereocenters. The van der Waals surface area contributed by atoms with Crippen molar-refractivity contribution in [2.24, 2.45) is 0 Å². The molecule has 1 aliphatic rings. The van der Waals surface area contributed by atoms with Crippen LogP contribution in [0.3, 0.4) is 0 Å². The number of nitrogens with zero attached hydrogens (tertiary/aromatic N) is 1. The average molecular weight is 394 g/mol. The first-order valence-corrected chi connectivity index (χ1v) is 10.0. The number of amides is 1. The van der Waals surface area contributed by atoms with Crippen molar-refractivity contribution in [2.45, 2.75) is 12.3 Å². The van der Waals surface area contributed by atoms with Gasteiger partial charge in [-0.3, -0.25) is 0 Å². The molecule has 1 N–H and O–H groups in total. The highest BCUT2D eigenvalue weighted by atomic mass is 16.5. The molecule has 0 atom stereocenters. The summed E-state index contributed by atoms with van der Waals surface area (Å²) < 4.78 is 5.52. The summed E-state index contributed by atoms with van der Waals surface area (Å²) in [5, 5.41) is 11.9. The maximum Gasteiger partial charge on any atom is 0.407 e. The molecule has 30 heavy (non-hydrogen) atoms. The van der Waals surface area contributed by atoms with Gasteiger partial charge in [0.1, 0.15) is 6.61 Å². The number of carbonyl (C=O) groups excluding carboxylic acids is 1. The molecular formula is C26H22N2O2. The third-order valence-corrected chi connectivity index (χ3v) is 5.30. The molecule has 0 spiro atoms. The van der Waals surface area contributed by atoms with Gasteiger partial charge in [-0.2, -0.15) is 5.26 Å². The lowest BCUT2D eigenvalue weighted by atomic mass is 9.98. The number of hydrogen-bond acceptors (Lipinski definition) is 3. The van der Waals surface area contributed by atoms with Crippen LogP contribution in [0.15, 0.2) is 78.9 Å². The van der Waals surface area contributed by atoms with Crippen LogP contribution in [0.25, 0.3) is 17.2 Å². The van der Waals surface area contributed by atoms with Crippen molar-refractivity contribution >= 4 is 12.2 Å². The molecule has 3 aromatic carbocycles. The maximum atomic E-state index is 12.2. The molecular weight excluding hydrogens is 372 g/mol. The molecule has 0 bridgehead atoms. The number of nitriles is 1. The number of hydrogen-bond donors (Lipinski definition) is 1. The molecule has 0 heterocycles. The second-order valence-electron chi connectivity index (χ2n) is 7.14. The minimum absolute atomic E-state index is 0.0607. The van der Waals surface area contributed by atoms with Crippen LogP contribution in [0.4, 0.5) is 4.79 Å². The molecule has 1 aliphatic carbocycles. The molecule has 3 aromatic rings. The molecule has 4 heteroatoms. The predicted molar refractivity (Wildman–Crippen MR) is 118 cm³/mol. The van der Waals surface area contributed by atoms with Gasteiger partial charge in [-0.15, -0.1) is 0 Å². The van der Waals surface area contributed by atoms with Gasteiger partial charge in [0.25, 0.3) is 0 Å². The highest BCUT2D eigenvalue weighted by molar-refractivity contribution is 5.79. The van der Waals surface area contributed by atoms with Crippen LogP contribution < -0.4 is 5.32 Å². The molecule has 0 saturated carbocycles. The highest BCUT2D eigenvalue weighted by Crippen LogP contribution is 2.44. The van der Waals surface area contributed by atoms with Crippen molar-refractivity contribution in [2.75, 3.05) is 13.2 Å². The van der Waals surface area contributed by atoms with E-state index in [1.165, 1.54) is 22.3 Å². The number of fused-ring (bicyclic) bond motifs is 3. The van der Waals surface area contributed by atoms with Crippen LogP contribution in [0.5, 0.6) is 0 Å². The van der Waals surface area contributed by atoms with Gasteiger partial charge in [-0.05, 0) is 40.3 Å². The summed E-state index contributed by atoms with van der Waals surface area (Å²) in [4.78, 5) is 12.2. The summed E-state index contributed by atoms with van der Waals surface area (Å²) in [7, 11) is 0. The first kappa shape index (κ1) is 19.5. The Labute approximate surface area is 176 Å². The molecule has 0 radical (unpaired) electrons. The Bertz CT molecular complexity index is 1080. The van der Waals surface area contributed by atoms with E-state index in [-0.39, 0.29) is 5.92 Å². The lowest BCUT2D eigenvalue weighted by molar-refractivity contribution is 0.143. The topological polar surface area (TPSA) is 62.1 Å². The molecule has 0 saturated heterocycles. The van der Waals surface area contributed by atoms with Crippen molar-refractivity contribution in [1.82, 2.24) is 5.32 Å². The zero-order valence-corrected chi connectivity index (χ0v) is 16.5. The fourth-order valence-corrected chi connectivity index (χ4v) is 3.86. The van der Waals surface area contributed by atoms with Crippen molar-refractivity contribution in [1.29, 1.82) is 5.26 Å². The zero-order chi connectivity index (χ0) is 20.8. The Morgan fingerprint density at radius 2 is 1.60 bits per heavy atom. The fraction of sp³-hybridized carbons (Fsp3) is 0.154. The molecule has 148 valence electrons. The molecule has 0 fully saturated rings. The second-order valence-corrected chi connectivity index (χ2v) is 7.14. The zero-order valence-electron chi connectivity index (χ0n) is 16.5. The Kier molecular flexibility index (Phi) is 5.91. The summed E-state index contributed by atoms with van der Waals surface area (Å²) in [5.74, 6) is 0.0607. The van der Waals surface area contributed by atoms with E-state index >= 15 is 0 Å². The summed E-state index contributed by atoms with van der Waals surface area (Å²) >= 11 is 0. The van der Waals surface area contributed by atoms with E-state index in [1.807, 2.05) is 54.6 Å². The Morgan fingerprint density at radius 3 is 2.30 bits per heavy atom. The van der Waals surface area contributed by atoms with Crippen LogP contribution in [0.1, 0.15) is 34.6 Å². The van der Waals surface area contributed by atoms with E-state index in [0.717, 1.165) is 5.56 Å². The first-order valence-electron chi connectivity index (χ1n) is 10.0. The minimum atomic E-state index is -0.414. The number of benzene rings is 3. The van der Waals surface area contributed by atoms with Crippen molar-refractivity contribution in [3.05, 3.63) is 101 Å². The van der Waals surface area contributed by atoms with Gasteiger partial charge in [0.05, 0.1) is 11.6 Å². The second kappa shape index (κ2) is 9.11. The van der Waals surface area contributed by atoms with Gasteiger partial charge in [-0.25, -0.2) is 4.79 Å². The smallest absolute Gasteiger partial charge is 0.407 e. The van der Waals surface area contributed by atoms with Crippen molar-refractivity contribution in [3.8, 4) is 17.2 Å². The summed E-state index contributed by atoms with van der Waals surface area (Å²) in [6.07, 6.45) is 4.09. The number of ether oxygens (including phenoxy) is 1. The molecule has 1 amide bonds.